The number of non-ortho nitro benzene ring substituents is 1. The number of nitro benzene ring substituents is 1. The molecule has 0 unspecified atom stereocenters. The molecule has 2 rings (SSSR count). The number of carbonyl (C=O) groups excluding carboxylic acids is 1. The molecule has 25 heavy (non-hydrogen) atoms. The number of amides is 1. The molecule has 0 saturated heterocycles. The first kappa shape index (κ1) is 18.7. The second kappa shape index (κ2) is 7.98. The van der Waals surface area contributed by atoms with E-state index in [1.54, 1.807) is 0 Å². The van der Waals surface area contributed by atoms with Gasteiger partial charge in [-0.05, 0) is 50.6 Å². The summed E-state index contributed by atoms with van der Waals surface area (Å²) >= 11 is 6.01. The Hall–Kier alpha value is -2.60. The van der Waals surface area contributed by atoms with E-state index >= 15 is 0 Å². The number of nitro groups is 1. The van der Waals surface area contributed by atoms with Gasteiger partial charge in [0.1, 0.15) is 0 Å². The molecule has 0 aliphatic heterocycles. The fraction of sp³-hybridized carbons (Fsp3) is 0.278. The number of hydrogen-bond acceptors (Lipinski definition) is 4. The standard InChI is InChI=1S/C18H20ClN3O3/c1-4-21(5-2)13-7-9-17(12(3)10-13)20-18(23)15-8-6-14(22(24)25)11-16(15)19/h6-11H,4-5H2,1-3H3,(H,20,23). The van der Waals surface area contributed by atoms with Crippen molar-refractivity contribution in [2.45, 2.75) is 20.8 Å². The quantitative estimate of drug-likeness (QED) is 0.600. The van der Waals surface area contributed by atoms with Crippen molar-refractivity contribution < 1.29 is 9.72 Å². The lowest BCUT2D eigenvalue weighted by molar-refractivity contribution is -0.384. The number of halogens is 1. The zero-order chi connectivity index (χ0) is 18.6. The van der Waals surface area contributed by atoms with Crippen LogP contribution < -0.4 is 10.2 Å². The zero-order valence-corrected chi connectivity index (χ0v) is 15.1. The summed E-state index contributed by atoms with van der Waals surface area (Å²) in [7, 11) is 0. The molecule has 0 radical (unpaired) electrons. The van der Waals surface area contributed by atoms with Gasteiger partial charge in [0.25, 0.3) is 11.6 Å². The van der Waals surface area contributed by atoms with E-state index in [0.29, 0.717) is 5.69 Å². The number of nitrogens with one attached hydrogen (secondary N) is 1. The Morgan fingerprint density at radius 1 is 1.20 bits per heavy atom. The van der Waals surface area contributed by atoms with Crippen LogP contribution in [0.5, 0.6) is 0 Å². The van der Waals surface area contributed by atoms with Gasteiger partial charge in [0.15, 0.2) is 0 Å². The lowest BCUT2D eigenvalue weighted by Crippen LogP contribution is -2.22. The molecule has 132 valence electrons. The number of rotatable bonds is 6. The molecular formula is C18H20ClN3O3. The Morgan fingerprint density at radius 3 is 2.40 bits per heavy atom. The Balaban J connectivity index is 2.22. The van der Waals surface area contributed by atoms with E-state index in [-0.39, 0.29) is 16.3 Å². The summed E-state index contributed by atoms with van der Waals surface area (Å²) < 4.78 is 0. The number of aryl methyl sites for hydroxylation is 1. The van der Waals surface area contributed by atoms with E-state index in [4.69, 9.17) is 11.6 Å². The fourth-order valence-electron chi connectivity index (χ4n) is 2.56. The highest BCUT2D eigenvalue weighted by Crippen LogP contribution is 2.26. The topological polar surface area (TPSA) is 75.5 Å². The maximum atomic E-state index is 12.4. The Labute approximate surface area is 151 Å². The zero-order valence-electron chi connectivity index (χ0n) is 14.4. The summed E-state index contributed by atoms with van der Waals surface area (Å²) in [5.41, 5.74) is 2.74. The van der Waals surface area contributed by atoms with Crippen molar-refractivity contribution in [3.05, 3.63) is 62.7 Å². The summed E-state index contributed by atoms with van der Waals surface area (Å²) in [5, 5.41) is 13.6. The second-order valence-corrected chi connectivity index (χ2v) is 5.95. The minimum Gasteiger partial charge on any atom is -0.372 e. The molecule has 2 aromatic carbocycles. The largest absolute Gasteiger partial charge is 0.372 e. The van der Waals surface area contributed by atoms with Gasteiger partial charge in [0.05, 0.1) is 15.5 Å². The first-order valence-electron chi connectivity index (χ1n) is 7.98. The van der Waals surface area contributed by atoms with Gasteiger partial charge in [-0.3, -0.25) is 14.9 Å². The van der Waals surface area contributed by atoms with Crippen molar-refractivity contribution in [3.8, 4) is 0 Å². The molecule has 0 aliphatic carbocycles. The van der Waals surface area contributed by atoms with Gasteiger partial charge < -0.3 is 10.2 Å². The number of hydrogen-bond donors (Lipinski definition) is 1. The fourth-order valence-corrected chi connectivity index (χ4v) is 2.83. The third-order valence-electron chi connectivity index (χ3n) is 3.99. The predicted octanol–water partition coefficient (Wildman–Crippen LogP) is 4.66. The molecule has 2 aromatic rings. The van der Waals surface area contributed by atoms with E-state index in [0.717, 1.165) is 24.3 Å². The first-order chi connectivity index (χ1) is 11.9. The molecule has 7 heteroatoms. The molecule has 0 atom stereocenters. The van der Waals surface area contributed by atoms with Crippen LogP contribution >= 0.6 is 11.6 Å². The van der Waals surface area contributed by atoms with Crippen molar-refractivity contribution >= 4 is 34.6 Å². The third kappa shape index (κ3) is 4.28. The highest BCUT2D eigenvalue weighted by Gasteiger charge is 2.16. The lowest BCUT2D eigenvalue weighted by Gasteiger charge is -2.22. The smallest absolute Gasteiger partial charge is 0.270 e. The van der Waals surface area contributed by atoms with Crippen LogP contribution in [0.3, 0.4) is 0 Å². The number of nitrogens with zero attached hydrogens (tertiary/aromatic N) is 2. The molecule has 0 spiro atoms. The van der Waals surface area contributed by atoms with Crippen molar-refractivity contribution in [3.63, 3.8) is 0 Å². The van der Waals surface area contributed by atoms with Crippen LogP contribution in [0.15, 0.2) is 36.4 Å². The van der Waals surface area contributed by atoms with Crippen LogP contribution in [0.25, 0.3) is 0 Å². The Kier molecular flexibility index (Phi) is 5.98. The highest BCUT2D eigenvalue weighted by molar-refractivity contribution is 6.34. The maximum absolute atomic E-state index is 12.4. The third-order valence-corrected chi connectivity index (χ3v) is 4.31. The first-order valence-corrected chi connectivity index (χ1v) is 8.36. The molecular weight excluding hydrogens is 342 g/mol. The lowest BCUT2D eigenvalue weighted by atomic mass is 10.1. The molecule has 6 nitrogen and oxygen atoms in total. The van der Waals surface area contributed by atoms with Gasteiger partial charge in [-0.25, -0.2) is 0 Å². The number of anilines is 2. The molecule has 0 heterocycles. The van der Waals surface area contributed by atoms with Crippen LogP contribution in [0.2, 0.25) is 5.02 Å². The van der Waals surface area contributed by atoms with Gasteiger partial charge in [-0.2, -0.15) is 0 Å². The average molecular weight is 362 g/mol. The Morgan fingerprint density at radius 2 is 1.88 bits per heavy atom. The molecule has 1 amide bonds. The van der Waals surface area contributed by atoms with E-state index in [1.807, 2.05) is 25.1 Å². The summed E-state index contributed by atoms with van der Waals surface area (Å²) in [5.74, 6) is -0.404. The van der Waals surface area contributed by atoms with Crippen molar-refractivity contribution in [1.29, 1.82) is 0 Å². The van der Waals surface area contributed by atoms with E-state index in [9.17, 15) is 14.9 Å². The Bertz CT molecular complexity index is 804. The van der Waals surface area contributed by atoms with Gasteiger partial charge >= 0.3 is 0 Å². The van der Waals surface area contributed by atoms with E-state index in [1.165, 1.54) is 18.2 Å². The predicted molar refractivity (Wildman–Crippen MR) is 101 cm³/mol. The van der Waals surface area contributed by atoms with Crippen LogP contribution in [0, 0.1) is 17.0 Å². The van der Waals surface area contributed by atoms with Crippen LogP contribution in [-0.2, 0) is 0 Å². The normalized spacial score (nSPS) is 10.4. The number of carbonyl (C=O) groups is 1. The van der Waals surface area contributed by atoms with Gasteiger partial charge in [0, 0.05) is 36.6 Å². The molecule has 1 N–H and O–H groups in total. The molecule has 0 fully saturated rings. The minimum atomic E-state index is -0.552. The van der Waals surface area contributed by atoms with Gasteiger partial charge in [-0.1, -0.05) is 11.6 Å². The molecule has 0 aromatic heterocycles. The molecule has 0 aliphatic rings. The summed E-state index contributed by atoms with van der Waals surface area (Å²) in [4.78, 5) is 24.8. The second-order valence-electron chi connectivity index (χ2n) is 5.55. The van der Waals surface area contributed by atoms with E-state index < -0.39 is 10.8 Å². The van der Waals surface area contributed by atoms with Crippen molar-refractivity contribution in [1.82, 2.24) is 0 Å². The molecule has 0 bridgehead atoms. The van der Waals surface area contributed by atoms with Gasteiger partial charge in [-0.15, -0.1) is 0 Å². The van der Waals surface area contributed by atoms with Gasteiger partial charge in [0.2, 0.25) is 0 Å². The summed E-state index contributed by atoms with van der Waals surface area (Å²) in [6.45, 7) is 7.90. The number of benzene rings is 2. The maximum Gasteiger partial charge on any atom is 0.270 e. The molecule has 0 saturated carbocycles. The van der Waals surface area contributed by atoms with Crippen molar-refractivity contribution in [2.75, 3.05) is 23.3 Å². The highest BCUT2D eigenvalue weighted by atomic mass is 35.5. The van der Waals surface area contributed by atoms with Crippen molar-refractivity contribution in [2.24, 2.45) is 0 Å². The average Bonchev–Trinajstić information content (AvgIpc) is 2.58. The minimum absolute atomic E-state index is 0.0455. The summed E-state index contributed by atoms with van der Waals surface area (Å²) in [6.07, 6.45) is 0. The van der Waals surface area contributed by atoms with Crippen LogP contribution in [0.4, 0.5) is 17.1 Å². The van der Waals surface area contributed by atoms with E-state index in [2.05, 4.69) is 24.1 Å². The monoisotopic (exact) mass is 361 g/mol. The van der Waals surface area contributed by atoms with Crippen LogP contribution in [-0.4, -0.2) is 23.9 Å². The summed E-state index contributed by atoms with van der Waals surface area (Å²) in [6, 6.07) is 9.60. The van der Waals surface area contributed by atoms with Crippen LogP contribution in [0.1, 0.15) is 29.8 Å². The SMILES string of the molecule is CCN(CC)c1ccc(NC(=O)c2ccc([N+](=O)[O-])cc2Cl)c(C)c1.